The Bertz CT molecular complexity index is 896. The topological polar surface area (TPSA) is 75.5 Å². The number of hydrogen-bond acceptors (Lipinski definition) is 4. The summed E-state index contributed by atoms with van der Waals surface area (Å²) in [7, 11) is 0. The molecule has 1 aliphatic heterocycles. The molecule has 0 aliphatic carbocycles. The standard InChI is InChI=1S/C17H16F3N3O3/c1-16(2)9-13(24)21-22(16)15(17(18,19)20)14-11-6-4-3-5-10(11)7-8-12(14)23(25)26/h3-8,15H,9H2,1-2H3,(H,21,24). The van der Waals surface area contributed by atoms with Crippen molar-refractivity contribution in [3.8, 4) is 0 Å². The zero-order chi connectivity index (χ0) is 19.3. The number of nitro groups is 1. The molecule has 0 aromatic heterocycles. The predicted octanol–water partition coefficient (Wildman–Crippen LogP) is 3.87. The highest BCUT2D eigenvalue weighted by atomic mass is 19.4. The molecule has 1 aliphatic rings. The normalized spacial score (nSPS) is 18.7. The fourth-order valence-electron chi connectivity index (χ4n) is 3.39. The molecule has 2 aromatic carbocycles. The number of carbonyl (C=O) groups excluding carboxylic acids is 1. The highest BCUT2D eigenvalue weighted by Gasteiger charge is 2.55. The van der Waals surface area contributed by atoms with Crippen molar-refractivity contribution in [1.29, 1.82) is 0 Å². The van der Waals surface area contributed by atoms with Gasteiger partial charge in [-0.05, 0) is 30.7 Å². The summed E-state index contributed by atoms with van der Waals surface area (Å²) in [5, 5.41) is 12.8. The second kappa shape index (κ2) is 5.94. The van der Waals surface area contributed by atoms with E-state index in [0.717, 1.165) is 11.1 Å². The summed E-state index contributed by atoms with van der Waals surface area (Å²) in [5.41, 5.74) is -0.0449. The number of nitrogens with one attached hydrogen (secondary N) is 1. The third-order valence-corrected chi connectivity index (χ3v) is 4.48. The summed E-state index contributed by atoms with van der Waals surface area (Å²) in [6, 6.07) is 6.30. The summed E-state index contributed by atoms with van der Waals surface area (Å²) in [5.74, 6) is -0.563. The Balaban J connectivity index is 2.34. The van der Waals surface area contributed by atoms with Gasteiger partial charge in [0.1, 0.15) is 0 Å². The lowest BCUT2D eigenvalue weighted by atomic mass is 9.92. The van der Waals surface area contributed by atoms with E-state index in [1.807, 2.05) is 0 Å². The van der Waals surface area contributed by atoms with Gasteiger partial charge >= 0.3 is 6.18 Å². The average molecular weight is 367 g/mol. The minimum Gasteiger partial charge on any atom is -0.287 e. The van der Waals surface area contributed by atoms with Crippen LogP contribution < -0.4 is 5.43 Å². The fraction of sp³-hybridized carbons (Fsp3) is 0.353. The van der Waals surface area contributed by atoms with Gasteiger partial charge in [0.25, 0.3) is 5.69 Å². The monoisotopic (exact) mass is 367 g/mol. The Kier molecular flexibility index (Phi) is 4.14. The molecule has 9 heteroatoms. The zero-order valence-corrected chi connectivity index (χ0v) is 14.0. The largest absolute Gasteiger partial charge is 0.410 e. The average Bonchev–Trinajstić information content (AvgIpc) is 2.78. The lowest BCUT2D eigenvalue weighted by molar-refractivity contribution is -0.386. The van der Waals surface area contributed by atoms with Crippen LogP contribution >= 0.6 is 0 Å². The summed E-state index contributed by atoms with van der Waals surface area (Å²) in [4.78, 5) is 22.4. The highest BCUT2D eigenvalue weighted by molar-refractivity contribution is 5.89. The molecular formula is C17H16F3N3O3. The number of nitrogens with zero attached hydrogens (tertiary/aromatic N) is 2. The van der Waals surface area contributed by atoms with Crippen LogP contribution in [0.4, 0.5) is 18.9 Å². The first-order valence-electron chi connectivity index (χ1n) is 7.84. The third kappa shape index (κ3) is 2.98. The molecule has 138 valence electrons. The van der Waals surface area contributed by atoms with Gasteiger partial charge < -0.3 is 0 Å². The number of benzene rings is 2. The van der Waals surface area contributed by atoms with Crippen molar-refractivity contribution in [1.82, 2.24) is 10.4 Å². The predicted molar refractivity (Wildman–Crippen MR) is 88.1 cm³/mol. The van der Waals surface area contributed by atoms with E-state index in [9.17, 15) is 28.1 Å². The van der Waals surface area contributed by atoms with Crippen molar-refractivity contribution in [2.45, 2.75) is 38.0 Å². The van der Waals surface area contributed by atoms with Crippen molar-refractivity contribution >= 4 is 22.4 Å². The number of fused-ring (bicyclic) bond motifs is 1. The van der Waals surface area contributed by atoms with E-state index in [-0.39, 0.29) is 11.8 Å². The Morgan fingerprint density at radius 1 is 1.23 bits per heavy atom. The number of amides is 1. The molecule has 1 amide bonds. The molecule has 2 aromatic rings. The maximum atomic E-state index is 14.1. The van der Waals surface area contributed by atoms with Gasteiger partial charge in [0.15, 0.2) is 6.04 Å². The molecule has 6 nitrogen and oxygen atoms in total. The van der Waals surface area contributed by atoms with Crippen LogP contribution in [0.3, 0.4) is 0 Å². The van der Waals surface area contributed by atoms with Crippen LogP contribution in [0.15, 0.2) is 36.4 Å². The van der Waals surface area contributed by atoms with E-state index in [4.69, 9.17) is 0 Å². The summed E-state index contributed by atoms with van der Waals surface area (Å²) < 4.78 is 42.3. The van der Waals surface area contributed by atoms with E-state index in [1.54, 1.807) is 12.1 Å². The molecule has 1 unspecified atom stereocenters. The zero-order valence-electron chi connectivity index (χ0n) is 14.0. The van der Waals surface area contributed by atoms with E-state index in [1.165, 1.54) is 32.0 Å². The fourth-order valence-corrected chi connectivity index (χ4v) is 3.39. The first-order valence-corrected chi connectivity index (χ1v) is 7.84. The van der Waals surface area contributed by atoms with Gasteiger partial charge in [-0.3, -0.25) is 20.3 Å². The van der Waals surface area contributed by atoms with Crippen LogP contribution in [0.25, 0.3) is 10.8 Å². The van der Waals surface area contributed by atoms with Gasteiger partial charge in [0, 0.05) is 18.0 Å². The van der Waals surface area contributed by atoms with Gasteiger partial charge in [-0.2, -0.15) is 18.2 Å². The molecular weight excluding hydrogens is 351 g/mol. The Morgan fingerprint density at radius 3 is 2.42 bits per heavy atom. The van der Waals surface area contributed by atoms with Crippen LogP contribution in [0.5, 0.6) is 0 Å². The number of hydrazine groups is 1. The lowest BCUT2D eigenvalue weighted by Crippen LogP contribution is -2.51. The molecule has 1 N–H and O–H groups in total. The van der Waals surface area contributed by atoms with Crippen LogP contribution in [-0.4, -0.2) is 27.6 Å². The minimum absolute atomic E-state index is 0.126. The number of halogens is 3. The number of nitro benzene ring substituents is 1. The summed E-state index contributed by atoms with van der Waals surface area (Å²) in [6.45, 7) is 2.97. The Labute approximate surface area is 146 Å². The first kappa shape index (κ1) is 18.1. The van der Waals surface area contributed by atoms with E-state index < -0.39 is 39.8 Å². The lowest BCUT2D eigenvalue weighted by Gasteiger charge is -2.38. The number of rotatable bonds is 3. The second-order valence-electron chi connectivity index (χ2n) is 6.81. The molecule has 26 heavy (non-hydrogen) atoms. The van der Waals surface area contributed by atoms with Gasteiger partial charge in [0.2, 0.25) is 5.91 Å². The van der Waals surface area contributed by atoms with Gasteiger partial charge in [-0.15, -0.1) is 0 Å². The van der Waals surface area contributed by atoms with Crippen molar-refractivity contribution < 1.29 is 22.9 Å². The SMILES string of the molecule is CC1(C)CC(=O)NN1C(c1c([N+](=O)[O-])ccc2ccccc12)C(F)(F)F. The maximum Gasteiger partial charge on any atom is 0.410 e. The van der Waals surface area contributed by atoms with E-state index >= 15 is 0 Å². The van der Waals surface area contributed by atoms with Gasteiger partial charge in [-0.25, -0.2) is 0 Å². The van der Waals surface area contributed by atoms with Crippen LogP contribution in [-0.2, 0) is 4.79 Å². The molecule has 0 radical (unpaired) electrons. The molecule has 1 atom stereocenters. The van der Waals surface area contributed by atoms with Crippen LogP contribution in [0.2, 0.25) is 0 Å². The molecule has 0 spiro atoms. The molecule has 0 saturated carbocycles. The number of carbonyl (C=O) groups is 1. The minimum atomic E-state index is -4.84. The van der Waals surface area contributed by atoms with Crippen LogP contribution in [0, 0.1) is 10.1 Å². The molecule has 1 heterocycles. The number of alkyl halides is 3. The van der Waals surface area contributed by atoms with E-state index in [2.05, 4.69) is 5.43 Å². The Morgan fingerprint density at radius 2 is 1.88 bits per heavy atom. The maximum absolute atomic E-state index is 14.1. The first-order chi connectivity index (χ1) is 12.0. The van der Waals surface area contributed by atoms with Crippen molar-refractivity contribution in [3.05, 3.63) is 52.1 Å². The second-order valence-corrected chi connectivity index (χ2v) is 6.81. The third-order valence-electron chi connectivity index (χ3n) is 4.48. The van der Waals surface area contributed by atoms with Crippen LogP contribution in [0.1, 0.15) is 31.9 Å². The molecule has 3 rings (SSSR count). The smallest absolute Gasteiger partial charge is 0.287 e. The highest BCUT2D eigenvalue weighted by Crippen LogP contribution is 2.47. The quantitative estimate of drug-likeness (QED) is 0.660. The van der Waals surface area contributed by atoms with Gasteiger partial charge in [-0.1, -0.05) is 24.3 Å². The van der Waals surface area contributed by atoms with Crippen molar-refractivity contribution in [3.63, 3.8) is 0 Å². The Hall–Kier alpha value is -2.68. The van der Waals surface area contributed by atoms with Crippen molar-refractivity contribution in [2.75, 3.05) is 0 Å². The summed E-state index contributed by atoms with van der Waals surface area (Å²) >= 11 is 0. The van der Waals surface area contributed by atoms with Gasteiger partial charge in [0.05, 0.1) is 10.5 Å². The summed E-state index contributed by atoms with van der Waals surface area (Å²) in [6.07, 6.45) is -4.98. The number of hydrogen-bond donors (Lipinski definition) is 1. The molecule has 1 fully saturated rings. The van der Waals surface area contributed by atoms with Crippen molar-refractivity contribution in [2.24, 2.45) is 0 Å². The van der Waals surface area contributed by atoms with E-state index in [0.29, 0.717) is 5.39 Å². The molecule has 1 saturated heterocycles. The molecule has 0 bridgehead atoms.